The molecular weight excluding hydrogens is 471 g/mol. The van der Waals surface area contributed by atoms with Crippen molar-refractivity contribution in [3.05, 3.63) is 17.7 Å². The second-order valence-electron chi connectivity index (χ2n) is 6.40. The van der Waals surface area contributed by atoms with Crippen molar-refractivity contribution >= 4 is 29.9 Å². The molecule has 0 amide bonds. The number of rotatable bonds is 9. The van der Waals surface area contributed by atoms with Crippen LogP contribution in [0.15, 0.2) is 17.1 Å². The minimum absolute atomic E-state index is 0. The summed E-state index contributed by atoms with van der Waals surface area (Å²) < 4.78 is 40.5. The highest BCUT2D eigenvalue weighted by Gasteiger charge is 2.21. The molecule has 2 aliphatic rings. The van der Waals surface area contributed by atoms with Crippen LogP contribution in [0.3, 0.4) is 0 Å². The van der Waals surface area contributed by atoms with Gasteiger partial charge in [-0.2, -0.15) is 8.78 Å². The van der Waals surface area contributed by atoms with Gasteiger partial charge in [0.05, 0.1) is 6.54 Å². The number of hydrogen-bond donors (Lipinski definition) is 2. The SMILES string of the molecule is CCNC(=NCc1cc2c(cc1OC(F)F)OCO2)NCCCC1CC1.I. The van der Waals surface area contributed by atoms with E-state index in [1.165, 1.54) is 25.3 Å². The quantitative estimate of drug-likeness (QED) is 0.235. The summed E-state index contributed by atoms with van der Waals surface area (Å²) in [7, 11) is 0. The fraction of sp³-hybridized carbons (Fsp3) is 0.611. The molecule has 6 nitrogen and oxygen atoms in total. The van der Waals surface area contributed by atoms with E-state index in [1.807, 2.05) is 6.92 Å². The lowest BCUT2D eigenvalue weighted by molar-refractivity contribution is -0.0505. The fourth-order valence-electron chi connectivity index (χ4n) is 2.80. The highest BCUT2D eigenvalue weighted by molar-refractivity contribution is 14.0. The molecular formula is C18H26F2IN3O3. The zero-order valence-electron chi connectivity index (χ0n) is 15.3. The van der Waals surface area contributed by atoms with Crippen molar-refractivity contribution in [3.8, 4) is 17.2 Å². The van der Waals surface area contributed by atoms with Gasteiger partial charge in [-0.15, -0.1) is 24.0 Å². The first-order valence-electron chi connectivity index (χ1n) is 9.05. The molecule has 1 aromatic carbocycles. The molecule has 1 fully saturated rings. The van der Waals surface area contributed by atoms with Gasteiger partial charge in [-0.3, -0.25) is 0 Å². The van der Waals surface area contributed by atoms with Crippen LogP contribution in [0.1, 0.15) is 38.2 Å². The van der Waals surface area contributed by atoms with Gasteiger partial charge in [0.1, 0.15) is 5.75 Å². The molecule has 0 saturated heterocycles. The molecule has 27 heavy (non-hydrogen) atoms. The number of benzene rings is 1. The Labute approximate surface area is 175 Å². The summed E-state index contributed by atoms with van der Waals surface area (Å²) in [4.78, 5) is 4.48. The van der Waals surface area contributed by atoms with Gasteiger partial charge in [0.2, 0.25) is 6.79 Å². The van der Waals surface area contributed by atoms with Crippen molar-refractivity contribution in [2.75, 3.05) is 19.9 Å². The minimum Gasteiger partial charge on any atom is -0.454 e. The third-order valence-electron chi connectivity index (χ3n) is 4.30. The Morgan fingerprint density at radius 3 is 2.67 bits per heavy atom. The molecule has 1 aliphatic carbocycles. The second kappa shape index (κ2) is 10.7. The molecule has 3 rings (SSSR count). The van der Waals surface area contributed by atoms with Crippen LogP contribution in [0.5, 0.6) is 17.2 Å². The van der Waals surface area contributed by atoms with E-state index in [2.05, 4.69) is 20.4 Å². The molecule has 1 heterocycles. The first-order chi connectivity index (χ1) is 12.7. The van der Waals surface area contributed by atoms with Crippen molar-refractivity contribution in [1.29, 1.82) is 0 Å². The number of guanidine groups is 1. The Bertz CT molecular complexity index is 643. The Balaban J connectivity index is 0.00000261. The maximum atomic E-state index is 12.7. The molecule has 152 valence electrons. The summed E-state index contributed by atoms with van der Waals surface area (Å²) >= 11 is 0. The first kappa shape index (κ1) is 21.8. The molecule has 9 heteroatoms. The van der Waals surface area contributed by atoms with Gasteiger partial charge in [-0.05, 0) is 31.7 Å². The number of ether oxygens (including phenoxy) is 3. The summed E-state index contributed by atoms with van der Waals surface area (Å²) in [5, 5.41) is 6.44. The van der Waals surface area contributed by atoms with Crippen LogP contribution >= 0.6 is 24.0 Å². The topological polar surface area (TPSA) is 64.1 Å². The van der Waals surface area contributed by atoms with Gasteiger partial charge in [0.15, 0.2) is 17.5 Å². The lowest BCUT2D eigenvalue weighted by Crippen LogP contribution is -2.37. The van der Waals surface area contributed by atoms with Gasteiger partial charge >= 0.3 is 6.61 Å². The van der Waals surface area contributed by atoms with E-state index < -0.39 is 6.61 Å². The monoisotopic (exact) mass is 497 g/mol. The van der Waals surface area contributed by atoms with E-state index in [9.17, 15) is 8.78 Å². The van der Waals surface area contributed by atoms with Crippen LogP contribution in [-0.2, 0) is 6.54 Å². The van der Waals surface area contributed by atoms with E-state index in [4.69, 9.17) is 9.47 Å². The van der Waals surface area contributed by atoms with Gasteiger partial charge in [-0.25, -0.2) is 4.99 Å². The predicted octanol–water partition coefficient (Wildman–Crippen LogP) is 3.88. The van der Waals surface area contributed by atoms with Crippen molar-refractivity contribution in [2.24, 2.45) is 10.9 Å². The molecule has 0 unspecified atom stereocenters. The van der Waals surface area contributed by atoms with Crippen molar-refractivity contribution in [2.45, 2.75) is 45.8 Å². The standard InChI is InChI=1S/C18H25F2N3O3.HI/c1-2-21-18(22-7-3-4-12-5-6-12)23-10-13-8-15-16(25-11-24-15)9-14(13)26-17(19)20;/h8-9,12,17H,2-7,10-11H2,1H3,(H2,21,22,23);1H. The summed E-state index contributed by atoms with van der Waals surface area (Å²) in [6.45, 7) is 0.887. The van der Waals surface area contributed by atoms with Crippen LogP contribution in [0.4, 0.5) is 8.78 Å². The average molecular weight is 497 g/mol. The Hall–Kier alpha value is -1.52. The van der Waals surface area contributed by atoms with E-state index >= 15 is 0 Å². The average Bonchev–Trinajstić information content (AvgIpc) is 3.32. The van der Waals surface area contributed by atoms with Crippen LogP contribution < -0.4 is 24.8 Å². The lowest BCUT2D eigenvalue weighted by atomic mass is 10.1. The van der Waals surface area contributed by atoms with Gasteiger partial charge in [-0.1, -0.05) is 12.8 Å². The largest absolute Gasteiger partial charge is 0.454 e. The maximum absolute atomic E-state index is 12.7. The summed E-state index contributed by atoms with van der Waals surface area (Å²) in [5.41, 5.74) is 0.518. The molecule has 1 aliphatic heterocycles. The van der Waals surface area contributed by atoms with Crippen molar-refractivity contribution in [1.82, 2.24) is 10.6 Å². The second-order valence-corrected chi connectivity index (χ2v) is 6.40. The zero-order chi connectivity index (χ0) is 18.4. The number of nitrogens with zero attached hydrogens (tertiary/aromatic N) is 1. The third-order valence-corrected chi connectivity index (χ3v) is 4.30. The predicted molar refractivity (Wildman–Crippen MR) is 109 cm³/mol. The third kappa shape index (κ3) is 6.86. The normalized spacial score (nSPS) is 15.5. The van der Waals surface area contributed by atoms with Crippen LogP contribution in [0, 0.1) is 5.92 Å². The van der Waals surface area contributed by atoms with E-state index in [0.29, 0.717) is 23.0 Å². The smallest absolute Gasteiger partial charge is 0.387 e. The number of aliphatic imine (C=N–C) groups is 1. The molecule has 1 saturated carbocycles. The van der Waals surface area contributed by atoms with Crippen LogP contribution in [0.2, 0.25) is 0 Å². The van der Waals surface area contributed by atoms with Crippen LogP contribution in [0.25, 0.3) is 0 Å². The van der Waals surface area contributed by atoms with E-state index in [-0.39, 0.29) is 43.1 Å². The molecule has 0 radical (unpaired) electrons. The van der Waals surface area contributed by atoms with Crippen molar-refractivity contribution in [3.63, 3.8) is 0 Å². The Morgan fingerprint density at radius 1 is 1.26 bits per heavy atom. The molecule has 0 spiro atoms. The fourth-order valence-corrected chi connectivity index (χ4v) is 2.80. The summed E-state index contributed by atoms with van der Waals surface area (Å²) in [5.74, 6) is 2.53. The van der Waals surface area contributed by atoms with Gasteiger partial charge in [0, 0.05) is 24.7 Å². The number of halogens is 3. The lowest BCUT2D eigenvalue weighted by Gasteiger charge is -2.13. The highest BCUT2D eigenvalue weighted by Crippen LogP contribution is 2.39. The Kier molecular flexibility index (Phi) is 8.65. The molecule has 0 bridgehead atoms. The van der Waals surface area contributed by atoms with Crippen LogP contribution in [-0.4, -0.2) is 32.5 Å². The summed E-state index contributed by atoms with van der Waals surface area (Å²) in [6.07, 6.45) is 5.04. The Morgan fingerprint density at radius 2 is 2.00 bits per heavy atom. The van der Waals surface area contributed by atoms with Gasteiger partial charge in [0.25, 0.3) is 0 Å². The molecule has 0 aromatic heterocycles. The number of alkyl halides is 2. The molecule has 1 aromatic rings. The first-order valence-corrected chi connectivity index (χ1v) is 9.05. The maximum Gasteiger partial charge on any atom is 0.387 e. The van der Waals surface area contributed by atoms with Gasteiger partial charge < -0.3 is 24.8 Å². The highest BCUT2D eigenvalue weighted by atomic mass is 127. The summed E-state index contributed by atoms with van der Waals surface area (Å²) in [6, 6.07) is 3.07. The number of hydrogen-bond acceptors (Lipinski definition) is 4. The molecule has 0 atom stereocenters. The minimum atomic E-state index is -2.91. The number of fused-ring (bicyclic) bond motifs is 1. The van der Waals surface area contributed by atoms with E-state index in [0.717, 1.165) is 25.4 Å². The zero-order valence-corrected chi connectivity index (χ0v) is 17.6. The van der Waals surface area contributed by atoms with E-state index in [1.54, 1.807) is 6.07 Å². The van der Waals surface area contributed by atoms with Crippen molar-refractivity contribution < 1.29 is 23.0 Å². The number of nitrogens with one attached hydrogen (secondary N) is 2. The molecule has 2 N–H and O–H groups in total.